The summed E-state index contributed by atoms with van der Waals surface area (Å²) in [5.74, 6) is 1.58. The number of rotatable bonds is 5. The molecule has 3 aliphatic rings. The molecule has 4 heterocycles. The number of morpholine rings is 1. The van der Waals surface area contributed by atoms with Gasteiger partial charge >= 0.3 is 0 Å². The van der Waals surface area contributed by atoms with Crippen LogP contribution < -0.4 is 4.74 Å². The van der Waals surface area contributed by atoms with Crippen LogP contribution >= 0.6 is 11.8 Å². The minimum absolute atomic E-state index is 0.0135. The van der Waals surface area contributed by atoms with Crippen LogP contribution in [0.25, 0.3) is 11.3 Å². The van der Waals surface area contributed by atoms with Crippen LogP contribution in [-0.4, -0.2) is 92.7 Å². The SMILES string of the molecule is COCCN1CCCCC1.COc1ccc2c(c1)SCc1c-2n[nH]c1C(=O)N1CCOCC1. The largest absolute Gasteiger partial charge is 0.497 e. The predicted octanol–water partition coefficient (Wildman–Crippen LogP) is 3.28. The molecule has 0 aliphatic carbocycles. The minimum Gasteiger partial charge on any atom is -0.497 e. The molecular formula is C24H34N4O4S. The maximum absolute atomic E-state index is 12.7. The lowest BCUT2D eigenvalue weighted by atomic mass is 10.1. The fourth-order valence-corrected chi connectivity index (χ4v) is 5.43. The summed E-state index contributed by atoms with van der Waals surface area (Å²) in [6.45, 7) is 7.03. The first-order valence-electron chi connectivity index (χ1n) is 11.7. The third-order valence-corrected chi connectivity index (χ3v) is 7.34. The smallest absolute Gasteiger partial charge is 0.272 e. The molecule has 1 amide bonds. The van der Waals surface area contributed by atoms with E-state index in [0.717, 1.165) is 46.4 Å². The van der Waals surface area contributed by atoms with Gasteiger partial charge < -0.3 is 24.0 Å². The van der Waals surface area contributed by atoms with Crippen LogP contribution in [0.1, 0.15) is 35.3 Å². The molecule has 8 nitrogen and oxygen atoms in total. The number of fused-ring (bicyclic) bond motifs is 3. The summed E-state index contributed by atoms with van der Waals surface area (Å²) in [4.78, 5) is 18.2. The standard InChI is InChI=1S/C16H17N3O3S.C8H17NO/c1-21-10-2-3-11-13(8-10)23-9-12-14(11)17-18-15(12)16(20)19-4-6-22-7-5-19;1-10-8-7-9-5-3-2-4-6-9/h2-3,8H,4-7,9H2,1H3,(H,17,18);2-8H2,1H3. The summed E-state index contributed by atoms with van der Waals surface area (Å²) in [6.07, 6.45) is 4.18. The van der Waals surface area contributed by atoms with Gasteiger partial charge in [-0.05, 0) is 44.1 Å². The molecule has 9 heteroatoms. The van der Waals surface area contributed by atoms with E-state index in [-0.39, 0.29) is 5.91 Å². The van der Waals surface area contributed by atoms with Crippen LogP contribution in [0.15, 0.2) is 23.1 Å². The van der Waals surface area contributed by atoms with E-state index in [0.29, 0.717) is 32.0 Å². The molecule has 0 bridgehead atoms. The van der Waals surface area contributed by atoms with Gasteiger partial charge in [-0.2, -0.15) is 5.10 Å². The van der Waals surface area contributed by atoms with Gasteiger partial charge in [0.1, 0.15) is 11.4 Å². The second-order valence-corrected chi connectivity index (χ2v) is 9.39. The molecule has 1 aromatic heterocycles. The number of methoxy groups -OCH3 is 2. The molecule has 0 spiro atoms. The summed E-state index contributed by atoms with van der Waals surface area (Å²) in [5, 5.41) is 7.37. The van der Waals surface area contributed by atoms with Crippen molar-refractivity contribution in [1.29, 1.82) is 0 Å². The zero-order valence-corrected chi connectivity index (χ0v) is 20.4. The average molecular weight is 475 g/mol. The third kappa shape index (κ3) is 5.90. The first kappa shape index (κ1) is 24.1. The Morgan fingerprint density at radius 2 is 1.94 bits per heavy atom. The van der Waals surface area contributed by atoms with Crippen molar-refractivity contribution in [2.75, 3.05) is 66.8 Å². The number of piperidine rings is 1. The number of aromatic amines is 1. The first-order valence-corrected chi connectivity index (χ1v) is 12.7. The zero-order chi connectivity index (χ0) is 23.0. The minimum atomic E-state index is 0.0135. The van der Waals surface area contributed by atoms with Gasteiger partial charge in [-0.1, -0.05) is 6.42 Å². The molecule has 2 aromatic rings. The number of benzene rings is 1. The number of nitrogens with zero attached hydrogens (tertiary/aromatic N) is 3. The molecule has 3 aliphatic heterocycles. The van der Waals surface area contributed by atoms with Crippen molar-refractivity contribution < 1.29 is 19.0 Å². The van der Waals surface area contributed by atoms with Gasteiger partial charge in [0.2, 0.25) is 0 Å². The Bertz CT molecular complexity index is 923. The molecule has 0 saturated carbocycles. The van der Waals surface area contributed by atoms with Gasteiger partial charge in [-0.15, -0.1) is 11.8 Å². The van der Waals surface area contributed by atoms with Crippen molar-refractivity contribution in [1.82, 2.24) is 20.0 Å². The molecule has 33 heavy (non-hydrogen) atoms. The van der Waals surface area contributed by atoms with Crippen LogP contribution in [0.5, 0.6) is 5.75 Å². The monoisotopic (exact) mass is 474 g/mol. The number of carbonyl (C=O) groups is 1. The summed E-state index contributed by atoms with van der Waals surface area (Å²) in [7, 11) is 3.43. The average Bonchev–Trinajstić information content (AvgIpc) is 3.33. The van der Waals surface area contributed by atoms with Crippen LogP contribution in [0.2, 0.25) is 0 Å². The van der Waals surface area contributed by atoms with E-state index in [2.05, 4.69) is 15.1 Å². The Hall–Kier alpha value is -2.07. The topological polar surface area (TPSA) is 79.9 Å². The lowest BCUT2D eigenvalue weighted by Gasteiger charge is -2.27. The van der Waals surface area contributed by atoms with E-state index < -0.39 is 0 Å². The summed E-state index contributed by atoms with van der Waals surface area (Å²) < 4.78 is 15.6. The second-order valence-electron chi connectivity index (χ2n) is 8.38. The highest BCUT2D eigenvalue weighted by molar-refractivity contribution is 7.98. The van der Waals surface area contributed by atoms with Gasteiger partial charge in [-0.3, -0.25) is 9.89 Å². The molecule has 0 unspecified atom stereocenters. The van der Waals surface area contributed by atoms with E-state index in [9.17, 15) is 4.79 Å². The Balaban J connectivity index is 0.000000219. The van der Waals surface area contributed by atoms with E-state index >= 15 is 0 Å². The van der Waals surface area contributed by atoms with E-state index in [1.54, 1.807) is 26.0 Å². The number of thioether (sulfide) groups is 1. The predicted molar refractivity (Wildman–Crippen MR) is 129 cm³/mol. The Morgan fingerprint density at radius 3 is 2.67 bits per heavy atom. The van der Waals surface area contributed by atoms with E-state index in [1.165, 1.54) is 32.4 Å². The molecular weight excluding hydrogens is 440 g/mol. The number of ether oxygens (including phenoxy) is 3. The normalized spacial score (nSPS) is 18.1. The maximum Gasteiger partial charge on any atom is 0.272 e. The maximum atomic E-state index is 12.7. The van der Waals surface area contributed by atoms with Crippen LogP contribution in [-0.2, 0) is 15.2 Å². The third-order valence-electron chi connectivity index (χ3n) is 6.26. The quantitative estimate of drug-likeness (QED) is 0.712. The van der Waals surface area contributed by atoms with Crippen molar-refractivity contribution in [3.63, 3.8) is 0 Å². The highest BCUT2D eigenvalue weighted by atomic mass is 32.2. The van der Waals surface area contributed by atoms with Gasteiger partial charge in [-0.25, -0.2) is 0 Å². The second kappa shape index (κ2) is 11.9. The number of hydrogen-bond donors (Lipinski definition) is 1. The van der Waals surface area contributed by atoms with E-state index in [4.69, 9.17) is 14.2 Å². The van der Waals surface area contributed by atoms with Crippen molar-refractivity contribution in [3.8, 4) is 17.0 Å². The van der Waals surface area contributed by atoms with Crippen molar-refractivity contribution in [2.45, 2.75) is 29.9 Å². The van der Waals surface area contributed by atoms with Crippen LogP contribution in [0.4, 0.5) is 0 Å². The van der Waals surface area contributed by atoms with Gasteiger partial charge in [0, 0.05) is 48.5 Å². The first-order chi connectivity index (χ1) is 16.2. The Labute approximate surface area is 199 Å². The van der Waals surface area contributed by atoms with Gasteiger partial charge in [0.15, 0.2) is 0 Å². The number of H-pyrrole nitrogens is 1. The summed E-state index contributed by atoms with van der Waals surface area (Å²) in [5.41, 5.74) is 3.52. The fourth-order valence-electron chi connectivity index (χ4n) is 4.33. The molecule has 180 valence electrons. The van der Waals surface area contributed by atoms with Gasteiger partial charge in [0.05, 0.1) is 32.6 Å². The summed E-state index contributed by atoms with van der Waals surface area (Å²) >= 11 is 1.71. The number of hydrogen-bond acceptors (Lipinski definition) is 7. The number of nitrogens with one attached hydrogen (secondary N) is 1. The molecule has 5 rings (SSSR count). The van der Waals surface area contributed by atoms with Gasteiger partial charge in [0.25, 0.3) is 5.91 Å². The molecule has 2 saturated heterocycles. The fraction of sp³-hybridized carbons (Fsp3) is 0.583. The zero-order valence-electron chi connectivity index (χ0n) is 19.6. The lowest BCUT2D eigenvalue weighted by molar-refractivity contribution is 0.0298. The summed E-state index contributed by atoms with van der Waals surface area (Å²) in [6, 6.07) is 5.94. The number of aromatic nitrogens is 2. The highest BCUT2D eigenvalue weighted by Crippen LogP contribution is 2.43. The van der Waals surface area contributed by atoms with Crippen molar-refractivity contribution in [3.05, 3.63) is 29.5 Å². The van der Waals surface area contributed by atoms with E-state index in [1.807, 2.05) is 23.1 Å². The van der Waals surface area contributed by atoms with Crippen molar-refractivity contribution >= 4 is 17.7 Å². The Kier molecular flexibility index (Phi) is 8.66. The molecule has 1 aromatic carbocycles. The molecule has 1 N–H and O–H groups in total. The number of likely N-dealkylation sites (tertiary alicyclic amines) is 1. The molecule has 2 fully saturated rings. The Morgan fingerprint density at radius 1 is 1.15 bits per heavy atom. The number of amides is 1. The number of carbonyl (C=O) groups excluding carboxylic acids is 1. The molecule has 0 atom stereocenters. The van der Waals surface area contributed by atoms with Crippen LogP contribution in [0, 0.1) is 0 Å². The van der Waals surface area contributed by atoms with Crippen molar-refractivity contribution in [2.24, 2.45) is 0 Å². The highest BCUT2D eigenvalue weighted by Gasteiger charge is 2.29. The molecule has 0 radical (unpaired) electrons. The lowest BCUT2D eigenvalue weighted by Crippen LogP contribution is -2.41. The van der Waals surface area contributed by atoms with Crippen LogP contribution in [0.3, 0.4) is 0 Å².